The number of hydrogen-bond acceptors (Lipinski definition) is 2. The van der Waals surface area contributed by atoms with Crippen molar-refractivity contribution < 1.29 is 9.59 Å². The maximum Gasteiger partial charge on any atom is 0.250 e. The number of hydrogen-bond donors (Lipinski definition) is 1. The number of aryl methyl sites for hydroxylation is 1. The maximum atomic E-state index is 12.6. The van der Waals surface area contributed by atoms with E-state index >= 15 is 0 Å². The van der Waals surface area contributed by atoms with Gasteiger partial charge in [0.25, 0.3) is 0 Å². The number of nitrogens with zero attached hydrogens (tertiary/aromatic N) is 1. The summed E-state index contributed by atoms with van der Waals surface area (Å²) < 4.78 is 0. The van der Waals surface area contributed by atoms with Crippen molar-refractivity contribution in [1.29, 1.82) is 0 Å². The van der Waals surface area contributed by atoms with Gasteiger partial charge in [-0.15, -0.1) is 0 Å². The summed E-state index contributed by atoms with van der Waals surface area (Å²) in [5.74, 6) is 0.0443. The van der Waals surface area contributed by atoms with Crippen LogP contribution in [0.15, 0.2) is 18.2 Å². The van der Waals surface area contributed by atoms with Gasteiger partial charge in [-0.25, -0.2) is 0 Å². The summed E-state index contributed by atoms with van der Waals surface area (Å²) in [6.07, 6.45) is 0.858. The van der Waals surface area contributed by atoms with Crippen molar-refractivity contribution in [1.82, 2.24) is 5.32 Å². The van der Waals surface area contributed by atoms with E-state index in [1.165, 1.54) is 0 Å². The van der Waals surface area contributed by atoms with Crippen molar-refractivity contribution in [3.63, 3.8) is 0 Å². The molecule has 1 heterocycles. The lowest BCUT2D eigenvalue weighted by Gasteiger charge is -2.36. The molecular formula is C16H22N2O2. The molecule has 1 aromatic rings. The van der Waals surface area contributed by atoms with Crippen LogP contribution in [0.5, 0.6) is 0 Å². The highest BCUT2D eigenvalue weighted by Crippen LogP contribution is 2.26. The van der Waals surface area contributed by atoms with E-state index in [9.17, 15) is 9.59 Å². The molecule has 1 aromatic carbocycles. The number of benzene rings is 1. The van der Waals surface area contributed by atoms with E-state index in [1.807, 2.05) is 45.9 Å². The zero-order valence-corrected chi connectivity index (χ0v) is 12.6. The zero-order valence-electron chi connectivity index (χ0n) is 12.6. The van der Waals surface area contributed by atoms with Gasteiger partial charge in [0.05, 0.1) is 0 Å². The minimum absolute atomic E-state index is 0.00681. The highest BCUT2D eigenvalue weighted by Gasteiger charge is 2.36. The second-order valence-electron chi connectivity index (χ2n) is 5.57. The van der Waals surface area contributed by atoms with E-state index in [1.54, 1.807) is 4.90 Å². The Morgan fingerprint density at radius 2 is 2.05 bits per heavy atom. The molecule has 2 rings (SSSR count). The van der Waals surface area contributed by atoms with Crippen LogP contribution in [0.2, 0.25) is 0 Å². The van der Waals surface area contributed by atoms with Crippen molar-refractivity contribution >= 4 is 17.5 Å². The van der Waals surface area contributed by atoms with E-state index in [0.29, 0.717) is 0 Å². The van der Waals surface area contributed by atoms with Crippen molar-refractivity contribution in [2.24, 2.45) is 5.92 Å². The molecule has 108 valence electrons. The van der Waals surface area contributed by atoms with Gasteiger partial charge in [-0.05, 0) is 37.0 Å². The lowest BCUT2D eigenvalue weighted by molar-refractivity contribution is -0.132. The zero-order chi connectivity index (χ0) is 14.9. The number of carbonyl (C=O) groups excluding carboxylic acids is 2. The van der Waals surface area contributed by atoms with Gasteiger partial charge in [0.2, 0.25) is 11.8 Å². The smallest absolute Gasteiger partial charge is 0.250 e. The summed E-state index contributed by atoms with van der Waals surface area (Å²) in [7, 11) is 0. The largest absolute Gasteiger partial charge is 0.342 e. The van der Waals surface area contributed by atoms with Gasteiger partial charge in [0.1, 0.15) is 12.6 Å². The SMILES string of the molecule is CCC(C)C1NC(=O)CN(c2cccc(C)c2C)C1=O. The Hall–Kier alpha value is -1.84. The van der Waals surface area contributed by atoms with E-state index in [0.717, 1.165) is 23.2 Å². The average molecular weight is 274 g/mol. The third-order valence-electron chi connectivity index (χ3n) is 4.23. The van der Waals surface area contributed by atoms with Gasteiger partial charge in [-0.3, -0.25) is 9.59 Å². The summed E-state index contributed by atoms with van der Waals surface area (Å²) in [5.41, 5.74) is 3.03. The Kier molecular flexibility index (Phi) is 4.12. The van der Waals surface area contributed by atoms with Crippen LogP contribution < -0.4 is 10.2 Å². The van der Waals surface area contributed by atoms with E-state index in [4.69, 9.17) is 0 Å². The molecule has 1 fully saturated rings. The molecule has 2 amide bonds. The summed E-state index contributed by atoms with van der Waals surface area (Å²) in [5, 5.41) is 2.82. The second kappa shape index (κ2) is 5.65. The number of carbonyl (C=O) groups is 2. The van der Waals surface area contributed by atoms with Crippen LogP contribution >= 0.6 is 0 Å². The Morgan fingerprint density at radius 1 is 1.35 bits per heavy atom. The molecular weight excluding hydrogens is 252 g/mol. The predicted molar refractivity (Wildman–Crippen MR) is 79.7 cm³/mol. The molecule has 2 atom stereocenters. The summed E-state index contributed by atoms with van der Waals surface area (Å²) >= 11 is 0. The second-order valence-corrected chi connectivity index (χ2v) is 5.57. The number of piperazine rings is 1. The molecule has 0 saturated carbocycles. The highest BCUT2D eigenvalue weighted by molar-refractivity contribution is 6.07. The molecule has 0 radical (unpaired) electrons. The number of rotatable bonds is 3. The topological polar surface area (TPSA) is 49.4 Å². The van der Waals surface area contributed by atoms with Crippen LogP contribution in [0.3, 0.4) is 0 Å². The fraction of sp³-hybridized carbons (Fsp3) is 0.500. The van der Waals surface area contributed by atoms with Gasteiger partial charge < -0.3 is 10.2 Å². The Labute approximate surface area is 120 Å². The first-order valence-electron chi connectivity index (χ1n) is 7.12. The molecule has 1 aliphatic heterocycles. The Balaban J connectivity index is 2.37. The first-order valence-corrected chi connectivity index (χ1v) is 7.12. The van der Waals surface area contributed by atoms with Crippen LogP contribution in [0.25, 0.3) is 0 Å². The molecule has 1 aliphatic rings. The maximum absolute atomic E-state index is 12.6. The summed E-state index contributed by atoms with van der Waals surface area (Å²) in [4.78, 5) is 26.2. The van der Waals surface area contributed by atoms with Crippen LogP contribution in [-0.2, 0) is 9.59 Å². The van der Waals surface area contributed by atoms with Crippen LogP contribution in [0.4, 0.5) is 5.69 Å². The molecule has 0 spiro atoms. The molecule has 1 saturated heterocycles. The van der Waals surface area contributed by atoms with Crippen LogP contribution in [0, 0.1) is 19.8 Å². The molecule has 20 heavy (non-hydrogen) atoms. The number of anilines is 1. The fourth-order valence-corrected chi connectivity index (χ4v) is 2.52. The lowest BCUT2D eigenvalue weighted by atomic mass is 9.95. The monoisotopic (exact) mass is 274 g/mol. The Morgan fingerprint density at radius 3 is 2.70 bits per heavy atom. The molecule has 0 bridgehead atoms. The first kappa shape index (κ1) is 14.6. The molecule has 4 nitrogen and oxygen atoms in total. The Bertz CT molecular complexity index is 539. The minimum Gasteiger partial charge on any atom is -0.342 e. The quantitative estimate of drug-likeness (QED) is 0.918. The van der Waals surface area contributed by atoms with Gasteiger partial charge in [0, 0.05) is 5.69 Å². The normalized spacial score (nSPS) is 20.8. The van der Waals surface area contributed by atoms with Gasteiger partial charge in [-0.2, -0.15) is 0 Å². The summed E-state index contributed by atoms with van der Waals surface area (Å²) in [6.45, 7) is 8.13. The lowest BCUT2D eigenvalue weighted by Crippen LogP contribution is -2.60. The highest BCUT2D eigenvalue weighted by atomic mass is 16.2. The van der Waals surface area contributed by atoms with Crippen molar-refractivity contribution in [2.45, 2.75) is 40.2 Å². The van der Waals surface area contributed by atoms with Gasteiger partial charge in [0.15, 0.2) is 0 Å². The fourth-order valence-electron chi connectivity index (χ4n) is 2.52. The molecule has 1 N–H and O–H groups in total. The van der Waals surface area contributed by atoms with Crippen molar-refractivity contribution in [3.8, 4) is 0 Å². The minimum atomic E-state index is -0.416. The van der Waals surface area contributed by atoms with E-state index in [-0.39, 0.29) is 24.3 Å². The van der Waals surface area contributed by atoms with Crippen LogP contribution in [-0.4, -0.2) is 24.4 Å². The average Bonchev–Trinajstić information content (AvgIpc) is 2.43. The third-order valence-corrected chi connectivity index (χ3v) is 4.23. The van der Waals surface area contributed by atoms with E-state index in [2.05, 4.69) is 5.32 Å². The number of nitrogens with one attached hydrogen (secondary N) is 1. The molecule has 2 unspecified atom stereocenters. The first-order chi connectivity index (χ1) is 9.45. The summed E-state index contributed by atoms with van der Waals surface area (Å²) in [6, 6.07) is 5.43. The third kappa shape index (κ3) is 2.55. The van der Waals surface area contributed by atoms with Gasteiger partial charge >= 0.3 is 0 Å². The van der Waals surface area contributed by atoms with E-state index < -0.39 is 6.04 Å². The van der Waals surface area contributed by atoms with Gasteiger partial charge in [-0.1, -0.05) is 32.4 Å². The molecule has 4 heteroatoms. The predicted octanol–water partition coefficient (Wildman–Crippen LogP) is 2.18. The van der Waals surface area contributed by atoms with Crippen molar-refractivity contribution in [2.75, 3.05) is 11.4 Å². The number of amides is 2. The molecule has 0 aliphatic carbocycles. The molecule has 0 aromatic heterocycles. The van der Waals surface area contributed by atoms with Crippen molar-refractivity contribution in [3.05, 3.63) is 29.3 Å². The standard InChI is InChI=1S/C16H22N2O2/c1-5-10(2)15-16(20)18(9-14(19)17-15)13-8-6-7-11(3)12(13)4/h6-8,10,15H,5,9H2,1-4H3,(H,17,19). The van der Waals surface area contributed by atoms with Crippen LogP contribution in [0.1, 0.15) is 31.4 Å².